The van der Waals surface area contributed by atoms with Crippen LogP contribution in [-0.2, 0) is 17.8 Å². The minimum atomic E-state index is -0.562. The number of hydrogen-bond acceptors (Lipinski definition) is 6. The van der Waals surface area contributed by atoms with Crippen molar-refractivity contribution >= 4 is 22.6 Å². The van der Waals surface area contributed by atoms with Crippen molar-refractivity contribution in [1.82, 2.24) is 0 Å². The van der Waals surface area contributed by atoms with Crippen LogP contribution in [0.2, 0.25) is 0 Å². The first-order valence-corrected chi connectivity index (χ1v) is 8.62. The van der Waals surface area contributed by atoms with Crippen molar-refractivity contribution in [2.24, 2.45) is 0 Å². The topological polar surface area (TPSA) is 80.0 Å². The first kappa shape index (κ1) is 18.5. The number of phenols is 1. The lowest BCUT2D eigenvalue weighted by atomic mass is 10.0. The summed E-state index contributed by atoms with van der Waals surface area (Å²) in [5.74, 6) is -0.403. The van der Waals surface area contributed by atoms with Crippen LogP contribution < -0.4 is 10.5 Å². The van der Waals surface area contributed by atoms with Crippen molar-refractivity contribution in [2.45, 2.75) is 20.0 Å². The van der Waals surface area contributed by atoms with Crippen molar-refractivity contribution < 1.29 is 19.1 Å². The summed E-state index contributed by atoms with van der Waals surface area (Å²) in [6, 6.07) is 11.5. The Kier molecular flexibility index (Phi) is 5.16. The lowest BCUT2D eigenvalue weighted by Gasteiger charge is -2.13. The largest absolute Gasteiger partial charge is 0.508 e. The molecule has 1 heterocycles. The number of esters is 1. The molecule has 140 valence electrons. The average molecular weight is 367 g/mol. The van der Waals surface area contributed by atoms with E-state index in [2.05, 4.69) is 0 Å². The number of aryl methyl sites for hydroxylation is 1. The molecule has 0 radical (unpaired) electrons. The normalized spacial score (nSPS) is 10.8. The fourth-order valence-electron chi connectivity index (χ4n) is 2.83. The van der Waals surface area contributed by atoms with Gasteiger partial charge in [0.05, 0.1) is 5.56 Å². The van der Waals surface area contributed by atoms with Crippen LogP contribution in [0.4, 0.5) is 5.69 Å². The third kappa shape index (κ3) is 3.95. The predicted octanol–water partition coefficient (Wildman–Crippen LogP) is 3.48. The molecule has 0 saturated carbocycles. The quantitative estimate of drug-likeness (QED) is 0.549. The highest BCUT2D eigenvalue weighted by Crippen LogP contribution is 2.27. The summed E-state index contributed by atoms with van der Waals surface area (Å²) in [4.78, 5) is 26.0. The second-order valence-electron chi connectivity index (χ2n) is 6.44. The molecule has 3 aromatic rings. The highest BCUT2D eigenvalue weighted by molar-refractivity contribution is 5.90. The molecule has 0 bridgehead atoms. The molecular weight excluding hydrogens is 346 g/mol. The number of ether oxygens (including phenoxy) is 1. The Morgan fingerprint density at radius 1 is 1.11 bits per heavy atom. The number of aromatic hydroxyl groups is 1. The van der Waals surface area contributed by atoms with Crippen molar-refractivity contribution in [3.8, 4) is 5.75 Å². The number of fused-ring (bicyclic) bond motifs is 1. The molecule has 0 fully saturated rings. The molecule has 27 heavy (non-hydrogen) atoms. The van der Waals surface area contributed by atoms with E-state index in [1.807, 2.05) is 38.1 Å². The van der Waals surface area contributed by atoms with E-state index < -0.39 is 11.6 Å². The SMILES string of the molecule is CCc1cc2c(COC(=O)c3ccc(N(C)C)cc3)cc(=O)oc2cc1O. The second kappa shape index (κ2) is 7.53. The molecule has 0 aliphatic carbocycles. The van der Waals surface area contributed by atoms with Gasteiger partial charge in [-0.3, -0.25) is 0 Å². The van der Waals surface area contributed by atoms with Crippen molar-refractivity contribution in [1.29, 1.82) is 0 Å². The smallest absolute Gasteiger partial charge is 0.338 e. The molecular formula is C21H21NO5. The molecule has 0 spiro atoms. The van der Waals surface area contributed by atoms with Crippen LogP contribution in [0.25, 0.3) is 11.0 Å². The van der Waals surface area contributed by atoms with Gasteiger partial charge in [-0.05, 0) is 42.3 Å². The zero-order valence-corrected chi connectivity index (χ0v) is 15.5. The summed E-state index contributed by atoms with van der Waals surface area (Å²) in [7, 11) is 3.84. The Morgan fingerprint density at radius 3 is 2.44 bits per heavy atom. The third-order valence-electron chi connectivity index (χ3n) is 4.39. The third-order valence-corrected chi connectivity index (χ3v) is 4.39. The number of benzene rings is 2. The van der Waals surface area contributed by atoms with Crippen LogP contribution in [0.1, 0.15) is 28.4 Å². The Balaban J connectivity index is 1.85. The highest BCUT2D eigenvalue weighted by Gasteiger charge is 2.13. The maximum atomic E-state index is 12.3. The minimum absolute atomic E-state index is 0.0652. The van der Waals surface area contributed by atoms with Gasteiger partial charge in [-0.15, -0.1) is 0 Å². The van der Waals surface area contributed by atoms with Gasteiger partial charge in [-0.2, -0.15) is 0 Å². The Hall–Kier alpha value is -3.28. The zero-order chi connectivity index (χ0) is 19.6. The van der Waals surface area contributed by atoms with Gasteiger partial charge in [-0.25, -0.2) is 9.59 Å². The Morgan fingerprint density at radius 2 is 1.81 bits per heavy atom. The molecule has 0 unspecified atom stereocenters. The van der Waals surface area contributed by atoms with Crippen molar-refractivity contribution in [2.75, 3.05) is 19.0 Å². The van der Waals surface area contributed by atoms with Crippen LogP contribution >= 0.6 is 0 Å². The van der Waals surface area contributed by atoms with Gasteiger partial charge in [0.25, 0.3) is 0 Å². The van der Waals surface area contributed by atoms with Gasteiger partial charge >= 0.3 is 11.6 Å². The van der Waals surface area contributed by atoms with Crippen LogP contribution in [0.5, 0.6) is 5.75 Å². The molecule has 1 aromatic heterocycles. The maximum absolute atomic E-state index is 12.3. The first-order chi connectivity index (χ1) is 12.9. The molecule has 0 aliphatic rings. The Labute approximate surface area is 156 Å². The Bertz CT molecular complexity index is 1030. The number of nitrogens with zero attached hydrogens (tertiary/aromatic N) is 1. The van der Waals surface area contributed by atoms with Gasteiger partial charge < -0.3 is 19.2 Å². The number of hydrogen-bond donors (Lipinski definition) is 1. The van der Waals surface area contributed by atoms with E-state index in [0.717, 1.165) is 11.3 Å². The molecule has 1 N–H and O–H groups in total. The molecule has 0 atom stereocenters. The number of carbonyl (C=O) groups is 1. The summed E-state index contributed by atoms with van der Waals surface area (Å²) in [6.07, 6.45) is 0.623. The van der Waals surface area contributed by atoms with Gasteiger partial charge in [0.1, 0.15) is 17.9 Å². The summed E-state index contributed by atoms with van der Waals surface area (Å²) >= 11 is 0. The minimum Gasteiger partial charge on any atom is -0.508 e. The molecule has 0 aliphatic heterocycles. The number of rotatable bonds is 5. The van der Waals surface area contributed by atoms with Gasteiger partial charge in [-0.1, -0.05) is 6.92 Å². The van der Waals surface area contributed by atoms with E-state index in [4.69, 9.17) is 9.15 Å². The first-order valence-electron chi connectivity index (χ1n) is 8.62. The molecule has 2 aromatic carbocycles. The fourth-order valence-corrected chi connectivity index (χ4v) is 2.83. The van der Waals surface area contributed by atoms with E-state index >= 15 is 0 Å². The van der Waals surface area contributed by atoms with Crippen molar-refractivity contribution in [3.63, 3.8) is 0 Å². The lowest BCUT2D eigenvalue weighted by Crippen LogP contribution is -2.10. The van der Waals surface area contributed by atoms with E-state index in [-0.39, 0.29) is 17.9 Å². The maximum Gasteiger partial charge on any atom is 0.338 e. The van der Waals surface area contributed by atoms with Crippen LogP contribution in [-0.4, -0.2) is 25.2 Å². The standard InChI is InChI=1S/C21H21NO5/c1-4-13-9-17-15(10-20(24)27-19(17)11-18(13)23)12-26-21(25)14-5-7-16(8-6-14)22(2)3/h5-11,23H,4,12H2,1-3H3. The highest BCUT2D eigenvalue weighted by atomic mass is 16.5. The molecule has 0 saturated heterocycles. The van der Waals surface area contributed by atoms with Gasteiger partial charge in [0.2, 0.25) is 0 Å². The van der Waals surface area contributed by atoms with Gasteiger partial charge in [0.15, 0.2) is 0 Å². The number of carbonyl (C=O) groups excluding carboxylic acids is 1. The van der Waals surface area contributed by atoms with E-state index in [1.165, 1.54) is 12.1 Å². The molecule has 6 nitrogen and oxygen atoms in total. The summed E-state index contributed by atoms with van der Waals surface area (Å²) in [5, 5.41) is 10.6. The average Bonchev–Trinajstić information content (AvgIpc) is 2.65. The van der Waals surface area contributed by atoms with Crippen LogP contribution in [0, 0.1) is 0 Å². The molecule has 3 rings (SSSR count). The monoisotopic (exact) mass is 367 g/mol. The lowest BCUT2D eigenvalue weighted by molar-refractivity contribution is 0.0474. The number of anilines is 1. The molecule has 6 heteroatoms. The molecule has 0 amide bonds. The van der Waals surface area contributed by atoms with E-state index in [0.29, 0.717) is 22.9 Å². The fraction of sp³-hybridized carbons (Fsp3) is 0.238. The van der Waals surface area contributed by atoms with Crippen LogP contribution in [0.3, 0.4) is 0 Å². The summed E-state index contributed by atoms with van der Waals surface area (Å²) in [6.45, 7) is 1.85. The predicted molar refractivity (Wildman–Crippen MR) is 103 cm³/mol. The van der Waals surface area contributed by atoms with E-state index in [9.17, 15) is 14.7 Å². The van der Waals surface area contributed by atoms with E-state index in [1.54, 1.807) is 18.2 Å². The summed E-state index contributed by atoms with van der Waals surface area (Å²) < 4.78 is 10.5. The van der Waals surface area contributed by atoms with Crippen LogP contribution in [0.15, 0.2) is 51.7 Å². The zero-order valence-electron chi connectivity index (χ0n) is 15.5. The van der Waals surface area contributed by atoms with Crippen molar-refractivity contribution in [3.05, 3.63) is 69.6 Å². The second-order valence-corrected chi connectivity index (χ2v) is 6.44. The number of phenolic OH excluding ortho intramolecular Hbond substituents is 1. The van der Waals surface area contributed by atoms with Gasteiger partial charge in [0, 0.05) is 42.9 Å². The summed E-state index contributed by atoms with van der Waals surface area (Å²) in [5.41, 5.74) is 2.37.